The quantitative estimate of drug-likeness (QED) is 0.683. The van der Waals surface area contributed by atoms with Gasteiger partial charge in [-0.15, -0.1) is 0 Å². The molecule has 2 amide bonds. The molecule has 1 aliphatic heterocycles. The number of anilines is 1. The summed E-state index contributed by atoms with van der Waals surface area (Å²) in [6.07, 6.45) is -0.614. The SMILES string of the molecule is Cc1cc(NC(=O)CC(=O)O)cc(C)c1Oc1ccc(O)c2c1CN(C)C2=O. The number of aliphatic carboxylic acids is 1. The number of phenolic OH excluding ortho intramolecular Hbond substituents is 1. The number of ether oxygens (including phenoxy) is 1. The van der Waals surface area contributed by atoms with E-state index in [2.05, 4.69) is 5.32 Å². The number of carboxylic acid groups (broad SMARTS) is 1. The molecule has 0 bridgehead atoms. The molecule has 0 unspecified atom stereocenters. The van der Waals surface area contributed by atoms with E-state index in [-0.39, 0.29) is 17.2 Å². The molecule has 3 N–H and O–H groups in total. The number of phenols is 1. The van der Waals surface area contributed by atoms with Crippen LogP contribution in [-0.4, -0.2) is 39.9 Å². The molecular formula is C20H20N2O6. The van der Waals surface area contributed by atoms with Crippen LogP contribution in [0.1, 0.15) is 33.5 Å². The Balaban J connectivity index is 1.90. The second-order valence-electron chi connectivity index (χ2n) is 6.76. The van der Waals surface area contributed by atoms with Gasteiger partial charge in [0.1, 0.15) is 23.7 Å². The van der Waals surface area contributed by atoms with Crippen molar-refractivity contribution in [3.8, 4) is 17.2 Å². The lowest BCUT2D eigenvalue weighted by Gasteiger charge is -2.16. The van der Waals surface area contributed by atoms with E-state index in [0.717, 1.165) is 11.1 Å². The number of carboxylic acids is 1. The number of carbonyl (C=O) groups excluding carboxylic acids is 2. The second kappa shape index (κ2) is 7.22. The predicted octanol–water partition coefficient (Wildman–Crippen LogP) is 2.80. The van der Waals surface area contributed by atoms with E-state index < -0.39 is 18.3 Å². The number of benzene rings is 2. The zero-order valence-electron chi connectivity index (χ0n) is 15.7. The van der Waals surface area contributed by atoms with Crippen LogP contribution < -0.4 is 10.1 Å². The van der Waals surface area contributed by atoms with Crippen molar-refractivity contribution in [2.24, 2.45) is 0 Å². The Labute approximate surface area is 161 Å². The minimum atomic E-state index is -1.20. The third-order valence-electron chi connectivity index (χ3n) is 4.47. The summed E-state index contributed by atoms with van der Waals surface area (Å²) in [6.45, 7) is 3.93. The van der Waals surface area contributed by atoms with Gasteiger partial charge in [0.25, 0.3) is 5.91 Å². The van der Waals surface area contributed by atoms with E-state index in [1.807, 2.05) is 0 Å². The second-order valence-corrected chi connectivity index (χ2v) is 6.76. The molecule has 0 aliphatic carbocycles. The first kappa shape index (κ1) is 19.2. The number of carbonyl (C=O) groups is 3. The third kappa shape index (κ3) is 3.62. The van der Waals surface area contributed by atoms with Gasteiger partial charge in [-0.2, -0.15) is 0 Å². The highest BCUT2D eigenvalue weighted by Gasteiger charge is 2.31. The monoisotopic (exact) mass is 384 g/mol. The van der Waals surface area contributed by atoms with Gasteiger partial charge in [0.05, 0.1) is 12.1 Å². The summed E-state index contributed by atoms with van der Waals surface area (Å²) >= 11 is 0. The zero-order chi connectivity index (χ0) is 20.6. The van der Waals surface area contributed by atoms with Gasteiger partial charge in [0.2, 0.25) is 5.91 Å². The van der Waals surface area contributed by atoms with E-state index >= 15 is 0 Å². The maximum absolute atomic E-state index is 12.2. The van der Waals surface area contributed by atoms with Gasteiger partial charge < -0.3 is 25.2 Å². The van der Waals surface area contributed by atoms with Crippen LogP contribution in [0.2, 0.25) is 0 Å². The Hall–Kier alpha value is -3.55. The van der Waals surface area contributed by atoms with Crippen LogP contribution in [0.4, 0.5) is 5.69 Å². The van der Waals surface area contributed by atoms with Gasteiger partial charge in [-0.1, -0.05) is 0 Å². The molecule has 8 heteroatoms. The number of aryl methyl sites for hydroxylation is 2. The molecule has 146 valence electrons. The smallest absolute Gasteiger partial charge is 0.312 e. The molecule has 1 aliphatic rings. The van der Waals surface area contributed by atoms with Gasteiger partial charge >= 0.3 is 5.97 Å². The molecule has 0 atom stereocenters. The minimum absolute atomic E-state index is 0.0818. The number of amides is 2. The fourth-order valence-corrected chi connectivity index (χ4v) is 3.24. The highest BCUT2D eigenvalue weighted by Crippen LogP contribution is 2.40. The molecule has 0 saturated carbocycles. The summed E-state index contributed by atoms with van der Waals surface area (Å²) < 4.78 is 6.06. The van der Waals surface area contributed by atoms with Crippen LogP contribution in [0.15, 0.2) is 24.3 Å². The largest absolute Gasteiger partial charge is 0.507 e. The molecule has 2 aromatic rings. The number of hydrogen-bond donors (Lipinski definition) is 3. The summed E-state index contributed by atoms with van der Waals surface area (Å²) in [5.41, 5.74) is 2.78. The zero-order valence-corrected chi connectivity index (χ0v) is 15.7. The molecule has 28 heavy (non-hydrogen) atoms. The first-order valence-electron chi connectivity index (χ1n) is 8.58. The predicted molar refractivity (Wildman–Crippen MR) is 101 cm³/mol. The molecule has 0 aromatic heterocycles. The lowest BCUT2D eigenvalue weighted by atomic mass is 10.1. The normalized spacial score (nSPS) is 12.7. The van der Waals surface area contributed by atoms with Crippen LogP contribution in [0, 0.1) is 13.8 Å². The van der Waals surface area contributed by atoms with Gasteiger partial charge in [0.15, 0.2) is 0 Å². The molecule has 2 aromatic carbocycles. The first-order valence-corrected chi connectivity index (χ1v) is 8.58. The average molecular weight is 384 g/mol. The molecule has 8 nitrogen and oxygen atoms in total. The van der Waals surface area contributed by atoms with Crippen LogP contribution in [-0.2, 0) is 16.1 Å². The Bertz CT molecular complexity index is 975. The van der Waals surface area contributed by atoms with Crippen molar-refractivity contribution in [3.63, 3.8) is 0 Å². The highest BCUT2D eigenvalue weighted by molar-refractivity contribution is 6.02. The fourth-order valence-electron chi connectivity index (χ4n) is 3.24. The van der Waals surface area contributed by atoms with Crippen molar-refractivity contribution in [1.82, 2.24) is 4.90 Å². The van der Waals surface area contributed by atoms with Crippen molar-refractivity contribution < 1.29 is 29.3 Å². The Morgan fingerprint density at radius 1 is 1.21 bits per heavy atom. The van der Waals surface area contributed by atoms with E-state index in [1.165, 1.54) is 11.0 Å². The summed E-state index contributed by atoms with van der Waals surface area (Å²) in [6, 6.07) is 6.40. The molecule has 0 spiro atoms. The summed E-state index contributed by atoms with van der Waals surface area (Å²) in [5, 5.41) is 21.3. The highest BCUT2D eigenvalue weighted by atomic mass is 16.5. The lowest BCUT2D eigenvalue weighted by Crippen LogP contribution is -2.17. The van der Waals surface area contributed by atoms with Crippen LogP contribution in [0.5, 0.6) is 17.2 Å². The minimum Gasteiger partial charge on any atom is -0.507 e. The summed E-state index contributed by atoms with van der Waals surface area (Å²) in [4.78, 5) is 36.0. The van der Waals surface area contributed by atoms with Crippen LogP contribution in [0.25, 0.3) is 0 Å². The van der Waals surface area contributed by atoms with Crippen molar-refractivity contribution in [2.45, 2.75) is 26.8 Å². The van der Waals surface area contributed by atoms with Crippen molar-refractivity contribution in [1.29, 1.82) is 0 Å². The molecular weight excluding hydrogens is 364 g/mol. The summed E-state index contributed by atoms with van der Waals surface area (Å²) in [5.74, 6) is -1.13. The lowest BCUT2D eigenvalue weighted by molar-refractivity contribution is -0.139. The first-order chi connectivity index (χ1) is 13.2. The maximum Gasteiger partial charge on any atom is 0.312 e. The number of hydrogen-bond acceptors (Lipinski definition) is 5. The average Bonchev–Trinajstić information content (AvgIpc) is 2.88. The van der Waals surface area contributed by atoms with E-state index in [4.69, 9.17) is 9.84 Å². The Kier molecular flexibility index (Phi) is 4.96. The standard InChI is InChI=1S/C20H20N2O6/c1-10-6-12(21-16(24)8-17(25)26)7-11(2)19(10)28-15-5-4-14(23)18-13(15)9-22(3)20(18)27/h4-7,23H,8-9H2,1-3H3,(H,21,24)(H,25,26). The van der Waals surface area contributed by atoms with Gasteiger partial charge in [0, 0.05) is 18.3 Å². The number of aromatic hydroxyl groups is 1. The van der Waals surface area contributed by atoms with Gasteiger partial charge in [-0.05, 0) is 49.2 Å². The van der Waals surface area contributed by atoms with E-state index in [1.54, 1.807) is 39.1 Å². The number of nitrogens with zero attached hydrogens (tertiary/aromatic N) is 1. The van der Waals surface area contributed by atoms with Crippen molar-refractivity contribution in [3.05, 3.63) is 46.5 Å². The topological polar surface area (TPSA) is 116 Å². The number of nitrogens with one attached hydrogen (secondary N) is 1. The fraction of sp³-hybridized carbons (Fsp3) is 0.250. The molecule has 0 radical (unpaired) electrons. The van der Waals surface area contributed by atoms with Gasteiger partial charge in [-0.25, -0.2) is 0 Å². The van der Waals surface area contributed by atoms with Crippen molar-refractivity contribution in [2.75, 3.05) is 12.4 Å². The maximum atomic E-state index is 12.2. The molecule has 3 rings (SSSR count). The van der Waals surface area contributed by atoms with Crippen molar-refractivity contribution >= 4 is 23.5 Å². The summed E-state index contributed by atoms with van der Waals surface area (Å²) in [7, 11) is 1.65. The Morgan fingerprint density at radius 3 is 2.46 bits per heavy atom. The number of rotatable bonds is 5. The van der Waals surface area contributed by atoms with Gasteiger partial charge in [-0.3, -0.25) is 14.4 Å². The molecule has 0 saturated heterocycles. The molecule has 1 heterocycles. The van der Waals surface area contributed by atoms with E-state index in [9.17, 15) is 19.5 Å². The van der Waals surface area contributed by atoms with Crippen LogP contribution in [0.3, 0.4) is 0 Å². The number of fused-ring (bicyclic) bond motifs is 1. The Morgan fingerprint density at radius 2 is 1.86 bits per heavy atom. The van der Waals surface area contributed by atoms with E-state index in [0.29, 0.717) is 29.3 Å². The molecule has 0 fully saturated rings. The van der Waals surface area contributed by atoms with Crippen LogP contribution >= 0.6 is 0 Å². The third-order valence-corrected chi connectivity index (χ3v) is 4.47.